The highest BCUT2D eigenvalue weighted by molar-refractivity contribution is 6.04. The predicted molar refractivity (Wildman–Crippen MR) is 103 cm³/mol. The van der Waals surface area contributed by atoms with Crippen LogP contribution in [0.1, 0.15) is 10.4 Å². The Bertz CT molecular complexity index is 935. The van der Waals surface area contributed by atoms with Gasteiger partial charge in [-0.1, -0.05) is 6.07 Å². The van der Waals surface area contributed by atoms with Crippen molar-refractivity contribution in [3.05, 3.63) is 96.5 Å². The second-order valence-corrected chi connectivity index (χ2v) is 5.65. The largest absolute Gasteiger partial charge is 0.497 e. The minimum Gasteiger partial charge on any atom is -0.497 e. The van der Waals surface area contributed by atoms with Crippen LogP contribution in [-0.2, 0) is 0 Å². The van der Waals surface area contributed by atoms with Crippen molar-refractivity contribution >= 4 is 11.5 Å². The zero-order chi connectivity index (χ0) is 19.1. The van der Waals surface area contributed by atoms with Gasteiger partial charge in [0, 0.05) is 29.6 Å². The van der Waals surface area contributed by atoms with E-state index in [0.717, 1.165) is 11.4 Å². The number of anilines is 1. The molecule has 0 radical (unpaired) electrons. The minimum atomic E-state index is -0.370. The maximum absolute atomic E-state index is 12.9. The van der Waals surface area contributed by atoms with Gasteiger partial charge in [-0.2, -0.15) is 0 Å². The first-order valence-electron chi connectivity index (χ1n) is 8.29. The lowest BCUT2D eigenvalue weighted by molar-refractivity contribution is 0.104. The second kappa shape index (κ2) is 8.67. The minimum absolute atomic E-state index is 0.208. The van der Waals surface area contributed by atoms with Crippen LogP contribution in [-0.4, -0.2) is 12.9 Å². The van der Waals surface area contributed by atoms with Gasteiger partial charge in [0.15, 0.2) is 5.78 Å². The van der Waals surface area contributed by atoms with Crippen LogP contribution in [0.25, 0.3) is 0 Å². The van der Waals surface area contributed by atoms with Gasteiger partial charge in [-0.15, -0.1) is 0 Å². The van der Waals surface area contributed by atoms with E-state index >= 15 is 0 Å². The molecule has 0 fully saturated rings. The van der Waals surface area contributed by atoms with Crippen LogP contribution in [0.3, 0.4) is 0 Å². The molecule has 136 valence electrons. The summed E-state index contributed by atoms with van der Waals surface area (Å²) in [5.74, 6) is 1.51. The Hall–Kier alpha value is -3.60. The summed E-state index contributed by atoms with van der Waals surface area (Å²) in [7, 11) is 1.61. The topological polar surface area (TPSA) is 47.6 Å². The average molecular weight is 363 g/mol. The molecule has 0 spiro atoms. The zero-order valence-electron chi connectivity index (χ0n) is 14.7. The predicted octanol–water partition coefficient (Wildman–Crippen LogP) is 5.44. The third-order valence-corrected chi connectivity index (χ3v) is 3.74. The highest BCUT2D eigenvalue weighted by atomic mass is 19.1. The monoisotopic (exact) mass is 363 g/mol. The number of carbonyl (C=O) groups excluding carboxylic acids is 1. The summed E-state index contributed by atoms with van der Waals surface area (Å²) in [6.45, 7) is 0. The molecule has 0 bridgehead atoms. The summed E-state index contributed by atoms with van der Waals surface area (Å²) in [6.07, 6.45) is 2.94. The van der Waals surface area contributed by atoms with Gasteiger partial charge in [0.2, 0.25) is 0 Å². The number of ketones is 1. The van der Waals surface area contributed by atoms with Gasteiger partial charge in [-0.3, -0.25) is 4.79 Å². The third kappa shape index (κ3) is 5.19. The van der Waals surface area contributed by atoms with Crippen LogP contribution >= 0.6 is 0 Å². The summed E-state index contributed by atoms with van der Waals surface area (Å²) >= 11 is 0. The van der Waals surface area contributed by atoms with Crippen LogP contribution in [0.15, 0.2) is 85.1 Å². The van der Waals surface area contributed by atoms with Crippen molar-refractivity contribution in [2.24, 2.45) is 0 Å². The van der Waals surface area contributed by atoms with Crippen LogP contribution in [0.4, 0.5) is 10.1 Å². The van der Waals surface area contributed by atoms with Crippen molar-refractivity contribution in [1.82, 2.24) is 0 Å². The fourth-order valence-corrected chi connectivity index (χ4v) is 2.34. The summed E-state index contributed by atoms with van der Waals surface area (Å²) < 4.78 is 23.8. The first-order chi connectivity index (χ1) is 13.1. The quantitative estimate of drug-likeness (QED) is 0.449. The molecule has 0 amide bonds. The Balaban J connectivity index is 1.57. The van der Waals surface area contributed by atoms with E-state index in [4.69, 9.17) is 9.47 Å². The maximum atomic E-state index is 12.9. The molecule has 0 aliphatic carbocycles. The van der Waals surface area contributed by atoms with E-state index in [2.05, 4.69) is 5.32 Å². The van der Waals surface area contributed by atoms with E-state index < -0.39 is 0 Å². The Kier molecular flexibility index (Phi) is 5.84. The lowest BCUT2D eigenvalue weighted by Crippen LogP contribution is -1.96. The van der Waals surface area contributed by atoms with E-state index in [1.54, 1.807) is 19.4 Å². The molecule has 3 rings (SSSR count). The van der Waals surface area contributed by atoms with Gasteiger partial charge in [0.25, 0.3) is 0 Å². The molecule has 0 aromatic heterocycles. The SMILES string of the molecule is COc1cccc(Oc2ccc(N/C=C\C(=O)c3ccc(F)cc3)cc2)c1. The molecular formula is C22H18FNO3. The molecule has 0 aliphatic rings. The number of ether oxygens (including phenoxy) is 2. The first-order valence-corrected chi connectivity index (χ1v) is 8.29. The smallest absolute Gasteiger partial charge is 0.187 e. The number of carbonyl (C=O) groups is 1. The molecule has 27 heavy (non-hydrogen) atoms. The van der Waals surface area contributed by atoms with E-state index in [0.29, 0.717) is 17.1 Å². The summed E-state index contributed by atoms with van der Waals surface area (Å²) in [4.78, 5) is 12.0. The molecule has 0 aliphatic heterocycles. The number of hydrogen-bond donors (Lipinski definition) is 1. The number of nitrogens with one attached hydrogen (secondary N) is 1. The van der Waals surface area contributed by atoms with Crippen molar-refractivity contribution < 1.29 is 18.7 Å². The Morgan fingerprint density at radius 1 is 0.926 bits per heavy atom. The number of allylic oxidation sites excluding steroid dienone is 1. The van der Waals surface area contributed by atoms with Gasteiger partial charge in [-0.05, 0) is 60.7 Å². The molecule has 4 nitrogen and oxygen atoms in total. The van der Waals surface area contributed by atoms with Gasteiger partial charge in [0.1, 0.15) is 23.1 Å². The Morgan fingerprint density at radius 2 is 1.63 bits per heavy atom. The van der Waals surface area contributed by atoms with Crippen molar-refractivity contribution in [2.45, 2.75) is 0 Å². The Labute approximate surface area is 156 Å². The van der Waals surface area contributed by atoms with Crippen LogP contribution in [0, 0.1) is 5.82 Å². The van der Waals surface area contributed by atoms with Crippen LogP contribution < -0.4 is 14.8 Å². The average Bonchev–Trinajstić information content (AvgIpc) is 2.70. The van der Waals surface area contributed by atoms with E-state index in [1.165, 1.54) is 30.3 Å². The Morgan fingerprint density at radius 3 is 2.33 bits per heavy atom. The maximum Gasteiger partial charge on any atom is 0.187 e. The molecule has 0 atom stereocenters. The number of hydrogen-bond acceptors (Lipinski definition) is 4. The molecule has 0 saturated carbocycles. The number of halogens is 1. The molecule has 1 N–H and O–H groups in total. The summed E-state index contributed by atoms with van der Waals surface area (Å²) in [5, 5.41) is 3.02. The highest BCUT2D eigenvalue weighted by Gasteiger charge is 2.02. The summed E-state index contributed by atoms with van der Waals surface area (Å²) in [6, 6.07) is 20.1. The second-order valence-electron chi connectivity index (χ2n) is 5.65. The fourth-order valence-electron chi connectivity index (χ4n) is 2.34. The molecular weight excluding hydrogens is 345 g/mol. The number of methoxy groups -OCH3 is 1. The molecule has 5 heteroatoms. The van der Waals surface area contributed by atoms with Crippen LogP contribution in [0.5, 0.6) is 17.2 Å². The number of benzene rings is 3. The molecule has 3 aromatic carbocycles. The van der Waals surface area contributed by atoms with Gasteiger partial charge < -0.3 is 14.8 Å². The molecule has 0 unspecified atom stereocenters. The van der Waals surface area contributed by atoms with E-state index in [9.17, 15) is 9.18 Å². The van der Waals surface area contributed by atoms with E-state index in [-0.39, 0.29) is 11.6 Å². The molecule has 0 heterocycles. The number of rotatable bonds is 7. The standard InChI is InChI=1S/C22H18FNO3/c1-26-20-3-2-4-21(15-20)27-19-11-9-18(10-12-19)24-14-13-22(25)16-5-7-17(23)8-6-16/h2-15,24H,1H3/b14-13-. The van der Waals surface area contributed by atoms with Crippen molar-refractivity contribution in [2.75, 3.05) is 12.4 Å². The lowest BCUT2D eigenvalue weighted by Gasteiger charge is -2.08. The fraction of sp³-hybridized carbons (Fsp3) is 0.0455. The molecule has 0 saturated heterocycles. The first kappa shape index (κ1) is 18.2. The normalized spacial score (nSPS) is 10.6. The summed E-state index contributed by atoms with van der Waals surface area (Å²) in [5.41, 5.74) is 1.23. The van der Waals surface area contributed by atoms with Gasteiger partial charge in [-0.25, -0.2) is 4.39 Å². The lowest BCUT2D eigenvalue weighted by atomic mass is 10.1. The van der Waals surface area contributed by atoms with Crippen molar-refractivity contribution in [3.63, 3.8) is 0 Å². The van der Waals surface area contributed by atoms with Crippen molar-refractivity contribution in [1.29, 1.82) is 0 Å². The third-order valence-electron chi connectivity index (χ3n) is 3.74. The molecule has 3 aromatic rings. The van der Waals surface area contributed by atoms with Gasteiger partial charge >= 0.3 is 0 Å². The zero-order valence-corrected chi connectivity index (χ0v) is 14.7. The van der Waals surface area contributed by atoms with Crippen LogP contribution in [0.2, 0.25) is 0 Å². The highest BCUT2D eigenvalue weighted by Crippen LogP contribution is 2.26. The van der Waals surface area contributed by atoms with E-state index in [1.807, 2.05) is 42.5 Å². The van der Waals surface area contributed by atoms with Crippen molar-refractivity contribution in [3.8, 4) is 17.2 Å². The van der Waals surface area contributed by atoms with Gasteiger partial charge in [0.05, 0.1) is 7.11 Å².